The smallest absolute Gasteiger partial charge is 0.231 e. The van der Waals surface area contributed by atoms with Gasteiger partial charge < -0.3 is 9.64 Å². The fraction of sp³-hybridized carbons (Fsp3) is 0.458. The van der Waals surface area contributed by atoms with Crippen LogP contribution in [-0.2, 0) is 11.2 Å². The van der Waals surface area contributed by atoms with Crippen molar-refractivity contribution in [3.8, 4) is 17.1 Å². The third-order valence-corrected chi connectivity index (χ3v) is 5.72. The van der Waals surface area contributed by atoms with Gasteiger partial charge >= 0.3 is 0 Å². The summed E-state index contributed by atoms with van der Waals surface area (Å²) in [5.41, 5.74) is 3.25. The van der Waals surface area contributed by atoms with Crippen LogP contribution in [0.1, 0.15) is 52.1 Å². The second-order valence-corrected chi connectivity index (χ2v) is 8.47. The van der Waals surface area contributed by atoms with Crippen LogP contribution in [0.15, 0.2) is 40.9 Å². The van der Waals surface area contributed by atoms with E-state index in [4.69, 9.17) is 9.72 Å². The van der Waals surface area contributed by atoms with E-state index in [0.29, 0.717) is 18.1 Å². The van der Waals surface area contributed by atoms with Gasteiger partial charge in [0, 0.05) is 29.2 Å². The molecule has 0 saturated carbocycles. The molecule has 0 spiro atoms. The molecule has 7 heteroatoms. The second kappa shape index (κ2) is 11.3. The lowest BCUT2D eigenvalue weighted by molar-refractivity contribution is -0.130. The number of aromatic nitrogens is 3. The van der Waals surface area contributed by atoms with E-state index in [1.54, 1.807) is 4.52 Å². The summed E-state index contributed by atoms with van der Waals surface area (Å²) in [5, 5.41) is 4.62. The van der Waals surface area contributed by atoms with Gasteiger partial charge in [0.25, 0.3) is 0 Å². The van der Waals surface area contributed by atoms with E-state index in [1.165, 1.54) is 0 Å². The highest BCUT2D eigenvalue weighted by Crippen LogP contribution is 2.27. The lowest BCUT2D eigenvalue weighted by atomic mass is 10.1. The van der Waals surface area contributed by atoms with Crippen molar-refractivity contribution in [2.45, 2.75) is 52.9 Å². The summed E-state index contributed by atoms with van der Waals surface area (Å²) in [6, 6.07) is 11.7. The molecule has 166 valence electrons. The summed E-state index contributed by atoms with van der Waals surface area (Å²) in [6.07, 6.45) is 4.40. The molecule has 1 amide bonds. The van der Waals surface area contributed by atoms with Crippen LogP contribution in [0, 0.1) is 0 Å². The lowest BCUT2D eigenvalue weighted by Gasteiger charge is -2.22. The van der Waals surface area contributed by atoms with E-state index in [-0.39, 0.29) is 12.3 Å². The topological polar surface area (TPSA) is 59.7 Å². The molecule has 0 unspecified atom stereocenters. The molecule has 6 nitrogen and oxygen atoms in total. The third-order valence-electron chi connectivity index (χ3n) is 5.19. The van der Waals surface area contributed by atoms with Gasteiger partial charge in [-0.2, -0.15) is 0 Å². The van der Waals surface area contributed by atoms with E-state index in [1.807, 2.05) is 48.2 Å². The Labute approximate surface area is 192 Å². The average molecular weight is 487 g/mol. The monoisotopic (exact) mass is 486 g/mol. The van der Waals surface area contributed by atoms with Crippen LogP contribution in [0.3, 0.4) is 0 Å². The van der Waals surface area contributed by atoms with E-state index in [2.05, 4.69) is 34.9 Å². The SMILES string of the molecule is CCCCN(CCCC)C(=O)Cc1c(-c2ccc(Br)cc2)nc2ccc(OCC)nn12. The molecule has 0 radical (unpaired) electrons. The van der Waals surface area contributed by atoms with Gasteiger partial charge in [-0.1, -0.05) is 54.8 Å². The molecule has 0 aliphatic carbocycles. The Kier molecular flexibility index (Phi) is 8.46. The normalized spacial score (nSPS) is 11.1. The van der Waals surface area contributed by atoms with Gasteiger partial charge in [-0.05, 0) is 38.0 Å². The number of nitrogens with zero attached hydrogens (tertiary/aromatic N) is 4. The summed E-state index contributed by atoms with van der Waals surface area (Å²) >= 11 is 3.49. The van der Waals surface area contributed by atoms with Crippen molar-refractivity contribution in [1.29, 1.82) is 0 Å². The predicted octanol–water partition coefficient (Wildman–Crippen LogP) is 5.53. The molecule has 0 bridgehead atoms. The van der Waals surface area contributed by atoms with Crippen molar-refractivity contribution < 1.29 is 9.53 Å². The molecule has 0 aliphatic rings. The molecule has 0 saturated heterocycles. The van der Waals surface area contributed by atoms with Crippen molar-refractivity contribution in [2.24, 2.45) is 0 Å². The van der Waals surface area contributed by atoms with E-state index < -0.39 is 0 Å². The fourth-order valence-electron chi connectivity index (χ4n) is 3.50. The van der Waals surface area contributed by atoms with Crippen LogP contribution in [-0.4, -0.2) is 45.1 Å². The Morgan fingerprint density at radius 1 is 1.03 bits per heavy atom. The fourth-order valence-corrected chi connectivity index (χ4v) is 3.76. The molecule has 3 rings (SSSR count). The largest absolute Gasteiger partial charge is 0.477 e. The highest BCUT2D eigenvalue weighted by molar-refractivity contribution is 9.10. The first-order valence-corrected chi connectivity index (χ1v) is 11.9. The van der Waals surface area contributed by atoms with Crippen molar-refractivity contribution in [3.63, 3.8) is 0 Å². The molecule has 0 aliphatic heterocycles. The molecule has 31 heavy (non-hydrogen) atoms. The van der Waals surface area contributed by atoms with Crippen LogP contribution in [0.2, 0.25) is 0 Å². The molecule has 2 aromatic heterocycles. The number of fused-ring (bicyclic) bond motifs is 1. The Morgan fingerprint density at radius 3 is 2.32 bits per heavy atom. The zero-order valence-corrected chi connectivity index (χ0v) is 20.2. The Morgan fingerprint density at radius 2 is 1.71 bits per heavy atom. The number of unbranched alkanes of at least 4 members (excludes halogenated alkanes) is 2. The summed E-state index contributed by atoms with van der Waals surface area (Å²) in [7, 11) is 0. The molecule has 0 fully saturated rings. The summed E-state index contributed by atoms with van der Waals surface area (Å²) < 4.78 is 8.36. The average Bonchev–Trinajstić information content (AvgIpc) is 3.12. The quantitative estimate of drug-likeness (QED) is 0.357. The van der Waals surface area contributed by atoms with Gasteiger partial charge in [0.15, 0.2) is 5.65 Å². The number of carbonyl (C=O) groups is 1. The molecule has 3 aromatic rings. The molecule has 1 aromatic carbocycles. The van der Waals surface area contributed by atoms with Gasteiger partial charge in [-0.15, -0.1) is 5.10 Å². The van der Waals surface area contributed by atoms with Gasteiger partial charge in [0.1, 0.15) is 0 Å². The van der Waals surface area contributed by atoms with Crippen LogP contribution < -0.4 is 4.74 Å². The minimum absolute atomic E-state index is 0.116. The van der Waals surface area contributed by atoms with Crippen LogP contribution >= 0.6 is 15.9 Å². The minimum Gasteiger partial charge on any atom is -0.477 e. The predicted molar refractivity (Wildman–Crippen MR) is 127 cm³/mol. The third kappa shape index (κ3) is 5.85. The highest BCUT2D eigenvalue weighted by Gasteiger charge is 2.21. The molecule has 2 heterocycles. The molecule has 0 atom stereocenters. The molecular formula is C24H31BrN4O2. The number of ether oxygens (including phenoxy) is 1. The number of benzene rings is 1. The van der Waals surface area contributed by atoms with Crippen molar-refractivity contribution >= 4 is 27.5 Å². The van der Waals surface area contributed by atoms with E-state index in [0.717, 1.165) is 60.2 Å². The van der Waals surface area contributed by atoms with Crippen molar-refractivity contribution in [3.05, 3.63) is 46.6 Å². The maximum atomic E-state index is 13.3. The summed E-state index contributed by atoms with van der Waals surface area (Å²) in [5.74, 6) is 0.642. The van der Waals surface area contributed by atoms with E-state index >= 15 is 0 Å². The summed E-state index contributed by atoms with van der Waals surface area (Å²) in [4.78, 5) is 20.1. The number of rotatable bonds is 11. The molecular weight excluding hydrogens is 456 g/mol. The maximum absolute atomic E-state index is 13.3. The first-order chi connectivity index (χ1) is 15.1. The zero-order chi connectivity index (χ0) is 22.2. The van der Waals surface area contributed by atoms with Crippen LogP contribution in [0.4, 0.5) is 0 Å². The number of carbonyl (C=O) groups excluding carboxylic acids is 1. The highest BCUT2D eigenvalue weighted by atomic mass is 79.9. The zero-order valence-electron chi connectivity index (χ0n) is 18.6. The second-order valence-electron chi connectivity index (χ2n) is 7.55. The van der Waals surface area contributed by atoms with Crippen LogP contribution in [0.25, 0.3) is 16.9 Å². The van der Waals surface area contributed by atoms with Gasteiger partial charge in [0.2, 0.25) is 11.8 Å². The Balaban J connectivity index is 2.02. The number of halogens is 1. The standard InChI is InChI=1S/C24H31BrN4O2/c1-4-7-15-28(16-8-5-2)23(30)17-20-24(18-9-11-19(25)12-10-18)26-21-13-14-22(31-6-3)27-29(20)21/h9-14H,4-8,15-17H2,1-3H3. The van der Waals surface area contributed by atoms with Crippen molar-refractivity contribution in [2.75, 3.05) is 19.7 Å². The van der Waals surface area contributed by atoms with Gasteiger partial charge in [-0.3, -0.25) is 4.79 Å². The number of imidazole rings is 1. The Hall–Kier alpha value is -2.41. The minimum atomic E-state index is 0.116. The number of hydrogen-bond acceptors (Lipinski definition) is 4. The number of hydrogen-bond donors (Lipinski definition) is 0. The van der Waals surface area contributed by atoms with Crippen molar-refractivity contribution in [1.82, 2.24) is 19.5 Å². The molecule has 0 N–H and O–H groups in total. The van der Waals surface area contributed by atoms with Gasteiger partial charge in [-0.25, -0.2) is 9.50 Å². The Bertz CT molecular complexity index is 993. The lowest BCUT2D eigenvalue weighted by Crippen LogP contribution is -2.34. The van der Waals surface area contributed by atoms with Crippen LogP contribution in [0.5, 0.6) is 5.88 Å². The maximum Gasteiger partial charge on any atom is 0.231 e. The van der Waals surface area contributed by atoms with E-state index in [9.17, 15) is 4.79 Å². The first-order valence-electron chi connectivity index (χ1n) is 11.1. The summed E-state index contributed by atoms with van der Waals surface area (Å²) in [6.45, 7) is 8.34. The number of amides is 1. The first kappa shape index (κ1) is 23.3. The van der Waals surface area contributed by atoms with Gasteiger partial charge in [0.05, 0.1) is 24.4 Å².